The van der Waals surface area contributed by atoms with Gasteiger partial charge < -0.3 is 10.6 Å². The van der Waals surface area contributed by atoms with E-state index in [1.165, 1.54) is 18.4 Å². The monoisotopic (exact) mass is 289 g/mol. The Kier molecular flexibility index (Phi) is 6.70. The van der Waals surface area contributed by atoms with Crippen molar-refractivity contribution in [1.82, 2.24) is 15.5 Å². The molecule has 1 saturated heterocycles. The second kappa shape index (κ2) is 8.80. The fraction of sp³-hybridized carbons (Fsp3) is 0.588. The Balaban J connectivity index is 1.54. The summed E-state index contributed by atoms with van der Waals surface area (Å²) in [5.41, 5.74) is 1.33. The van der Waals surface area contributed by atoms with Gasteiger partial charge in [-0.1, -0.05) is 30.3 Å². The first kappa shape index (κ1) is 16.0. The summed E-state index contributed by atoms with van der Waals surface area (Å²) in [5.74, 6) is 0.128. The number of carbonyl (C=O) groups is 1. The molecular formula is C17H27N3O. The van der Waals surface area contributed by atoms with Gasteiger partial charge in [0.2, 0.25) is 5.91 Å². The number of carbonyl (C=O) groups excluding carboxylic acids is 1. The van der Waals surface area contributed by atoms with Crippen LogP contribution in [-0.4, -0.2) is 50.1 Å². The predicted octanol–water partition coefficient (Wildman–Crippen LogP) is 1.42. The first-order chi connectivity index (χ1) is 10.2. The largest absolute Gasteiger partial charge is 0.355 e. The topological polar surface area (TPSA) is 44.4 Å². The molecule has 1 aliphatic heterocycles. The Morgan fingerprint density at radius 2 is 2.19 bits per heavy atom. The van der Waals surface area contributed by atoms with Crippen molar-refractivity contribution in [3.05, 3.63) is 35.9 Å². The molecule has 0 aliphatic carbocycles. The Bertz CT molecular complexity index is 415. The molecule has 0 spiro atoms. The number of rotatable bonds is 8. The number of hydrogen-bond acceptors (Lipinski definition) is 3. The summed E-state index contributed by atoms with van der Waals surface area (Å²) in [4.78, 5) is 14.0. The lowest BCUT2D eigenvalue weighted by Gasteiger charge is -2.20. The molecule has 1 aromatic rings. The number of likely N-dealkylation sites (N-methyl/N-ethyl adjacent to an activating group) is 1. The quantitative estimate of drug-likeness (QED) is 0.711. The van der Waals surface area contributed by atoms with Crippen LogP contribution in [0.4, 0.5) is 0 Å². The van der Waals surface area contributed by atoms with E-state index in [9.17, 15) is 4.79 Å². The maximum absolute atomic E-state index is 11.9. The molecule has 0 radical (unpaired) electrons. The van der Waals surface area contributed by atoms with E-state index in [2.05, 4.69) is 39.8 Å². The molecule has 2 rings (SSSR count). The van der Waals surface area contributed by atoms with Crippen LogP contribution in [0.3, 0.4) is 0 Å². The molecule has 2 N–H and O–H groups in total. The molecule has 4 heteroatoms. The van der Waals surface area contributed by atoms with Gasteiger partial charge in [-0.25, -0.2) is 0 Å². The van der Waals surface area contributed by atoms with E-state index in [4.69, 9.17) is 0 Å². The lowest BCUT2D eigenvalue weighted by Crippen LogP contribution is -2.41. The number of benzene rings is 1. The third-order valence-electron chi connectivity index (χ3n) is 3.92. The summed E-state index contributed by atoms with van der Waals surface area (Å²) in [6.45, 7) is 3.31. The van der Waals surface area contributed by atoms with Gasteiger partial charge in [0.05, 0.1) is 6.54 Å². The fourth-order valence-corrected chi connectivity index (χ4v) is 2.82. The Morgan fingerprint density at radius 3 is 2.90 bits per heavy atom. The van der Waals surface area contributed by atoms with Crippen LogP contribution in [0.1, 0.15) is 24.8 Å². The maximum atomic E-state index is 11.9. The summed E-state index contributed by atoms with van der Waals surface area (Å²) in [7, 11) is 2.02. The fourth-order valence-electron chi connectivity index (χ4n) is 2.82. The SMILES string of the molecule is CN(CC(=O)NCCCc1ccccc1)CC1CCCN1. The van der Waals surface area contributed by atoms with E-state index in [1.807, 2.05) is 13.1 Å². The van der Waals surface area contributed by atoms with Crippen LogP contribution in [0.2, 0.25) is 0 Å². The minimum atomic E-state index is 0.128. The van der Waals surface area contributed by atoms with Crippen LogP contribution in [0, 0.1) is 0 Å². The number of aryl methyl sites for hydroxylation is 1. The zero-order chi connectivity index (χ0) is 14.9. The lowest BCUT2D eigenvalue weighted by molar-refractivity contribution is -0.122. The highest BCUT2D eigenvalue weighted by atomic mass is 16.2. The zero-order valence-corrected chi connectivity index (χ0v) is 13.0. The number of hydrogen-bond donors (Lipinski definition) is 2. The van der Waals surface area contributed by atoms with Crippen molar-refractivity contribution in [3.63, 3.8) is 0 Å². The molecule has 1 amide bonds. The van der Waals surface area contributed by atoms with Gasteiger partial charge in [-0.05, 0) is 44.8 Å². The van der Waals surface area contributed by atoms with Crippen molar-refractivity contribution in [1.29, 1.82) is 0 Å². The zero-order valence-electron chi connectivity index (χ0n) is 13.0. The highest BCUT2D eigenvalue weighted by Gasteiger charge is 2.16. The van der Waals surface area contributed by atoms with Crippen molar-refractivity contribution in [2.75, 3.05) is 33.2 Å². The van der Waals surface area contributed by atoms with Crippen LogP contribution < -0.4 is 10.6 Å². The molecule has 1 unspecified atom stereocenters. The van der Waals surface area contributed by atoms with Gasteiger partial charge >= 0.3 is 0 Å². The Morgan fingerprint density at radius 1 is 1.38 bits per heavy atom. The molecule has 0 aromatic heterocycles. The molecular weight excluding hydrogens is 262 g/mol. The molecule has 1 aliphatic rings. The number of amides is 1. The third-order valence-corrected chi connectivity index (χ3v) is 3.92. The second-order valence-electron chi connectivity index (χ2n) is 5.93. The van der Waals surface area contributed by atoms with Gasteiger partial charge in [0.15, 0.2) is 0 Å². The molecule has 0 bridgehead atoms. The van der Waals surface area contributed by atoms with Crippen molar-refractivity contribution in [3.8, 4) is 0 Å². The second-order valence-corrected chi connectivity index (χ2v) is 5.93. The molecule has 1 atom stereocenters. The lowest BCUT2D eigenvalue weighted by atomic mass is 10.1. The molecule has 4 nitrogen and oxygen atoms in total. The molecule has 0 saturated carbocycles. The van der Waals surface area contributed by atoms with Gasteiger partial charge in [-0.3, -0.25) is 9.69 Å². The highest BCUT2D eigenvalue weighted by molar-refractivity contribution is 5.77. The van der Waals surface area contributed by atoms with E-state index >= 15 is 0 Å². The van der Waals surface area contributed by atoms with Crippen molar-refractivity contribution in [2.45, 2.75) is 31.7 Å². The van der Waals surface area contributed by atoms with E-state index in [-0.39, 0.29) is 5.91 Å². The van der Waals surface area contributed by atoms with Crippen LogP contribution >= 0.6 is 0 Å². The standard InChI is InChI=1S/C17H27N3O/c1-20(13-16-10-6-11-18-16)14-17(21)19-12-5-9-15-7-3-2-4-8-15/h2-4,7-8,16,18H,5-6,9-14H2,1H3,(H,19,21). The van der Waals surface area contributed by atoms with Gasteiger partial charge in [0.25, 0.3) is 0 Å². The Labute approximate surface area is 127 Å². The molecule has 116 valence electrons. The molecule has 21 heavy (non-hydrogen) atoms. The molecule has 1 fully saturated rings. The van der Waals surface area contributed by atoms with E-state index in [0.29, 0.717) is 12.6 Å². The van der Waals surface area contributed by atoms with Gasteiger partial charge in [0.1, 0.15) is 0 Å². The first-order valence-corrected chi connectivity index (χ1v) is 7.96. The summed E-state index contributed by atoms with van der Waals surface area (Å²) < 4.78 is 0. The summed E-state index contributed by atoms with van der Waals surface area (Å²) >= 11 is 0. The summed E-state index contributed by atoms with van der Waals surface area (Å²) in [5, 5.41) is 6.47. The van der Waals surface area contributed by atoms with Crippen LogP contribution in [-0.2, 0) is 11.2 Å². The van der Waals surface area contributed by atoms with Gasteiger partial charge in [0, 0.05) is 19.1 Å². The van der Waals surface area contributed by atoms with Crippen LogP contribution in [0.5, 0.6) is 0 Å². The molecule has 1 aromatic carbocycles. The maximum Gasteiger partial charge on any atom is 0.234 e. The smallest absolute Gasteiger partial charge is 0.234 e. The van der Waals surface area contributed by atoms with Gasteiger partial charge in [-0.15, -0.1) is 0 Å². The predicted molar refractivity (Wildman–Crippen MR) is 86.3 cm³/mol. The Hall–Kier alpha value is -1.39. The van der Waals surface area contributed by atoms with Crippen molar-refractivity contribution < 1.29 is 4.79 Å². The summed E-state index contributed by atoms with van der Waals surface area (Å²) in [6, 6.07) is 11.0. The average molecular weight is 289 g/mol. The normalized spacial score (nSPS) is 18.1. The summed E-state index contributed by atoms with van der Waals surface area (Å²) in [6.07, 6.45) is 4.49. The van der Waals surface area contributed by atoms with Gasteiger partial charge in [-0.2, -0.15) is 0 Å². The number of nitrogens with zero attached hydrogens (tertiary/aromatic N) is 1. The van der Waals surface area contributed by atoms with Crippen LogP contribution in [0.25, 0.3) is 0 Å². The average Bonchev–Trinajstić information content (AvgIpc) is 2.97. The highest BCUT2D eigenvalue weighted by Crippen LogP contribution is 2.05. The third kappa shape index (κ3) is 6.27. The van der Waals surface area contributed by atoms with Crippen molar-refractivity contribution in [2.24, 2.45) is 0 Å². The number of nitrogens with one attached hydrogen (secondary N) is 2. The first-order valence-electron chi connectivity index (χ1n) is 7.96. The minimum Gasteiger partial charge on any atom is -0.355 e. The van der Waals surface area contributed by atoms with E-state index < -0.39 is 0 Å². The molecule has 1 heterocycles. The minimum absolute atomic E-state index is 0.128. The van der Waals surface area contributed by atoms with Crippen LogP contribution in [0.15, 0.2) is 30.3 Å². The van der Waals surface area contributed by atoms with E-state index in [0.717, 1.165) is 32.5 Å². The van der Waals surface area contributed by atoms with E-state index in [1.54, 1.807) is 0 Å². The van der Waals surface area contributed by atoms with Crippen molar-refractivity contribution >= 4 is 5.91 Å².